The lowest BCUT2D eigenvalue weighted by molar-refractivity contribution is -0.141. The number of imidazole rings is 1. The molecule has 1 fully saturated rings. The molecule has 0 unspecified atom stereocenters. The number of halogens is 3. The molecule has 1 aliphatic heterocycles. The van der Waals surface area contributed by atoms with E-state index in [0.29, 0.717) is 0 Å². The number of aldehydes is 1. The van der Waals surface area contributed by atoms with Crippen LogP contribution in [0, 0.1) is 0 Å². The zero-order valence-corrected chi connectivity index (χ0v) is 16.3. The molecule has 1 N–H and O–H groups in total. The normalized spacial score (nSPS) is 15.4. The van der Waals surface area contributed by atoms with Crippen LogP contribution in [0.2, 0.25) is 0 Å². The highest BCUT2D eigenvalue weighted by molar-refractivity contribution is 5.95. The van der Waals surface area contributed by atoms with Gasteiger partial charge in [-0.15, -0.1) is 0 Å². The highest BCUT2D eigenvalue weighted by Crippen LogP contribution is 2.33. The molecule has 2 heterocycles. The average Bonchev–Trinajstić information content (AvgIpc) is 2.88. The molecule has 1 aromatic rings. The average molecular weight is 404 g/mol. The predicted molar refractivity (Wildman–Crippen MR) is 92.1 cm³/mol. The first-order valence-corrected chi connectivity index (χ1v) is 8.68. The lowest BCUT2D eigenvalue weighted by atomic mass is 10.1. The number of ether oxygens (including phenoxy) is 1. The van der Waals surface area contributed by atoms with Crippen molar-refractivity contribution < 1.29 is 32.3 Å². The van der Waals surface area contributed by atoms with Crippen molar-refractivity contribution in [2.24, 2.45) is 0 Å². The Morgan fingerprint density at radius 2 is 1.82 bits per heavy atom. The second-order valence-electron chi connectivity index (χ2n) is 7.80. The number of amides is 2. The van der Waals surface area contributed by atoms with Crippen LogP contribution < -0.4 is 5.32 Å². The van der Waals surface area contributed by atoms with Gasteiger partial charge in [0.2, 0.25) is 0 Å². The van der Waals surface area contributed by atoms with Crippen molar-refractivity contribution in [1.82, 2.24) is 19.8 Å². The summed E-state index contributed by atoms with van der Waals surface area (Å²) < 4.78 is 46.1. The predicted octanol–water partition coefficient (Wildman–Crippen LogP) is 2.64. The molecule has 0 bridgehead atoms. The largest absolute Gasteiger partial charge is 0.444 e. The van der Waals surface area contributed by atoms with Gasteiger partial charge in [0.05, 0.1) is 6.04 Å². The molecule has 1 saturated heterocycles. The summed E-state index contributed by atoms with van der Waals surface area (Å²) in [7, 11) is 0. The Balaban J connectivity index is 2.16. The lowest BCUT2D eigenvalue weighted by Gasteiger charge is -2.40. The van der Waals surface area contributed by atoms with Crippen LogP contribution in [0.3, 0.4) is 0 Å². The number of carbonyl (C=O) groups is 3. The van der Waals surface area contributed by atoms with Gasteiger partial charge in [-0.25, -0.2) is 9.78 Å². The molecule has 1 aliphatic rings. The van der Waals surface area contributed by atoms with Gasteiger partial charge in [0.25, 0.3) is 5.91 Å². The van der Waals surface area contributed by atoms with E-state index in [4.69, 9.17) is 4.74 Å². The first-order chi connectivity index (χ1) is 12.7. The molecule has 2 rings (SSSR count). The van der Waals surface area contributed by atoms with Crippen molar-refractivity contribution in [3.63, 3.8) is 0 Å². The second kappa shape index (κ2) is 7.44. The zero-order valence-electron chi connectivity index (χ0n) is 16.3. The van der Waals surface area contributed by atoms with E-state index >= 15 is 0 Å². The molecule has 28 heavy (non-hydrogen) atoms. The van der Waals surface area contributed by atoms with E-state index in [9.17, 15) is 27.6 Å². The van der Waals surface area contributed by atoms with Gasteiger partial charge in [0.15, 0.2) is 17.8 Å². The Bertz CT molecular complexity index is 775. The Labute approximate surface area is 160 Å². The van der Waals surface area contributed by atoms with Crippen LogP contribution in [0.5, 0.6) is 0 Å². The number of nitrogens with zero attached hydrogens (tertiary/aromatic N) is 3. The third-order valence-electron chi connectivity index (χ3n) is 3.91. The number of carbonyl (C=O) groups excluding carboxylic acids is 3. The van der Waals surface area contributed by atoms with Crippen molar-refractivity contribution in [2.75, 3.05) is 13.1 Å². The molecule has 11 heteroatoms. The molecular weight excluding hydrogens is 381 g/mol. The number of nitrogens with one attached hydrogen (secondary N) is 1. The highest BCUT2D eigenvalue weighted by Gasteiger charge is 2.43. The first-order valence-electron chi connectivity index (χ1n) is 8.68. The van der Waals surface area contributed by atoms with Gasteiger partial charge in [-0.2, -0.15) is 13.2 Å². The summed E-state index contributed by atoms with van der Waals surface area (Å²) in [6.07, 6.45) is -5.28. The fourth-order valence-corrected chi connectivity index (χ4v) is 2.77. The summed E-state index contributed by atoms with van der Waals surface area (Å²) in [4.78, 5) is 40.2. The third-order valence-corrected chi connectivity index (χ3v) is 3.91. The van der Waals surface area contributed by atoms with E-state index in [1.807, 2.05) is 0 Å². The first kappa shape index (κ1) is 21.7. The minimum absolute atomic E-state index is 0.109. The molecular formula is C17H23F3N4O4. The van der Waals surface area contributed by atoms with Gasteiger partial charge in [0.1, 0.15) is 11.3 Å². The minimum atomic E-state index is -4.90. The van der Waals surface area contributed by atoms with E-state index in [1.54, 1.807) is 34.6 Å². The summed E-state index contributed by atoms with van der Waals surface area (Å²) in [5.74, 6) is -1.48. The lowest BCUT2D eigenvalue weighted by Crippen LogP contribution is -2.61. The molecule has 156 valence electrons. The molecule has 0 atom stereocenters. The van der Waals surface area contributed by atoms with Crippen LogP contribution in [0.4, 0.5) is 18.0 Å². The number of aromatic nitrogens is 2. The fourth-order valence-electron chi connectivity index (χ4n) is 2.77. The summed E-state index contributed by atoms with van der Waals surface area (Å²) in [6.45, 7) is 8.43. The summed E-state index contributed by atoms with van der Waals surface area (Å²) in [5, 5.41) is 2.46. The van der Waals surface area contributed by atoms with E-state index in [2.05, 4.69) is 10.3 Å². The monoisotopic (exact) mass is 404 g/mol. The Morgan fingerprint density at radius 3 is 2.25 bits per heavy atom. The van der Waals surface area contributed by atoms with Crippen LogP contribution >= 0.6 is 0 Å². The number of likely N-dealkylation sites (tertiary alicyclic amines) is 1. The fraction of sp³-hybridized carbons (Fsp3) is 0.647. The van der Waals surface area contributed by atoms with E-state index in [1.165, 1.54) is 4.90 Å². The zero-order chi connectivity index (χ0) is 21.4. The minimum Gasteiger partial charge on any atom is -0.444 e. The maximum atomic E-state index is 13.3. The van der Waals surface area contributed by atoms with Gasteiger partial charge < -0.3 is 19.5 Å². The number of hydrogen-bond acceptors (Lipinski definition) is 5. The Hall–Kier alpha value is -2.59. The maximum Gasteiger partial charge on any atom is 0.435 e. The van der Waals surface area contributed by atoms with Gasteiger partial charge in [-0.3, -0.25) is 9.59 Å². The topological polar surface area (TPSA) is 93.5 Å². The van der Waals surface area contributed by atoms with Gasteiger partial charge in [-0.1, -0.05) is 0 Å². The van der Waals surface area contributed by atoms with Crippen molar-refractivity contribution in [3.8, 4) is 0 Å². The molecule has 8 nitrogen and oxygen atoms in total. The molecule has 2 amide bonds. The van der Waals surface area contributed by atoms with E-state index < -0.39 is 53.1 Å². The van der Waals surface area contributed by atoms with Gasteiger partial charge in [-0.05, 0) is 34.6 Å². The number of hydrogen-bond donors (Lipinski definition) is 1. The van der Waals surface area contributed by atoms with Gasteiger partial charge in [0, 0.05) is 19.1 Å². The summed E-state index contributed by atoms with van der Waals surface area (Å²) in [6, 6.07) is -1.12. The van der Waals surface area contributed by atoms with E-state index in [0.717, 1.165) is 4.57 Å². The van der Waals surface area contributed by atoms with Crippen molar-refractivity contribution in [1.29, 1.82) is 0 Å². The van der Waals surface area contributed by atoms with Crippen LogP contribution in [0.1, 0.15) is 67.5 Å². The summed E-state index contributed by atoms with van der Waals surface area (Å²) >= 11 is 0. The smallest absolute Gasteiger partial charge is 0.435 e. The molecule has 0 saturated carbocycles. The maximum absolute atomic E-state index is 13.3. The standard InChI is InChI=1S/C17H23F3N4O4/c1-9(2)24-11(8-25)22-13(17(18,19)20)12(24)14(26)21-10-6-23(7-10)15(27)28-16(3,4)5/h8-10H,6-7H2,1-5H3,(H,21,26). The molecule has 0 radical (unpaired) electrons. The van der Waals surface area contributed by atoms with Crippen LogP contribution in [0.25, 0.3) is 0 Å². The molecule has 0 aromatic carbocycles. The highest BCUT2D eigenvalue weighted by atomic mass is 19.4. The SMILES string of the molecule is CC(C)n1c(C=O)nc(C(F)(F)F)c1C(=O)NC1CN(C(=O)OC(C)(C)C)C1. The van der Waals surface area contributed by atoms with Gasteiger partial charge >= 0.3 is 12.3 Å². The Kier molecular flexibility index (Phi) is 5.77. The van der Waals surface area contributed by atoms with Crippen molar-refractivity contribution in [3.05, 3.63) is 17.2 Å². The number of rotatable bonds is 4. The summed E-state index contributed by atoms with van der Waals surface area (Å²) in [5.41, 5.74) is -2.81. The van der Waals surface area contributed by atoms with Crippen molar-refractivity contribution in [2.45, 2.75) is 58.5 Å². The molecule has 0 aliphatic carbocycles. The Morgan fingerprint density at radius 1 is 1.25 bits per heavy atom. The van der Waals surface area contributed by atoms with E-state index in [-0.39, 0.29) is 19.4 Å². The second-order valence-corrected chi connectivity index (χ2v) is 7.80. The molecule has 1 aromatic heterocycles. The molecule has 0 spiro atoms. The van der Waals surface area contributed by atoms with Crippen molar-refractivity contribution >= 4 is 18.3 Å². The quantitative estimate of drug-likeness (QED) is 0.779. The number of alkyl halides is 3. The van der Waals surface area contributed by atoms with Crippen LogP contribution in [-0.4, -0.2) is 57.5 Å². The van der Waals surface area contributed by atoms with Crippen LogP contribution in [-0.2, 0) is 10.9 Å². The third kappa shape index (κ3) is 4.63. The van der Waals surface area contributed by atoms with Crippen LogP contribution in [0.15, 0.2) is 0 Å².